The van der Waals surface area contributed by atoms with E-state index in [0.29, 0.717) is 27.3 Å². The van der Waals surface area contributed by atoms with Gasteiger partial charge in [-0.3, -0.25) is 0 Å². The van der Waals surface area contributed by atoms with Crippen LogP contribution in [-0.4, -0.2) is 39.1 Å². The van der Waals surface area contributed by atoms with Gasteiger partial charge in [-0.1, -0.05) is 0 Å². The monoisotopic (exact) mass is 455 g/mol. The number of aryl methyl sites for hydroxylation is 1. The van der Waals surface area contributed by atoms with E-state index in [9.17, 15) is 14.0 Å². The van der Waals surface area contributed by atoms with Crippen molar-refractivity contribution >= 4 is 22.4 Å². The van der Waals surface area contributed by atoms with Crippen LogP contribution in [-0.2, 0) is 11.3 Å². The number of halogens is 2. The van der Waals surface area contributed by atoms with Crippen LogP contribution < -0.4 is 4.74 Å². The number of hydrogen-bond acceptors (Lipinski definition) is 6. The van der Waals surface area contributed by atoms with E-state index in [-0.39, 0.29) is 24.6 Å². The van der Waals surface area contributed by atoms with Gasteiger partial charge in [-0.05, 0) is 32.0 Å². The maximum absolute atomic E-state index is 14.2. The van der Waals surface area contributed by atoms with Crippen molar-refractivity contribution < 1.29 is 18.3 Å². The van der Waals surface area contributed by atoms with E-state index in [0.717, 1.165) is 10.3 Å². The predicted octanol–water partition coefficient (Wildman–Crippen LogP) is 5.07. The average molecular weight is 455 g/mol. The molecule has 0 aliphatic carbocycles. The Balaban J connectivity index is 1.83. The molecule has 4 aromatic heterocycles. The van der Waals surface area contributed by atoms with Gasteiger partial charge in [0.1, 0.15) is 34.5 Å². The summed E-state index contributed by atoms with van der Waals surface area (Å²) in [6, 6.07) is 7.75. The van der Waals surface area contributed by atoms with E-state index in [1.54, 1.807) is 19.4 Å². The molecule has 1 aliphatic rings. The van der Waals surface area contributed by atoms with Crippen LogP contribution in [0.15, 0.2) is 24.4 Å². The highest BCUT2D eigenvalue weighted by Crippen LogP contribution is 2.48. The molecule has 0 saturated heterocycles. The Bertz CT molecular complexity index is 1380. The first-order valence-corrected chi connectivity index (χ1v) is 10.7. The summed E-state index contributed by atoms with van der Waals surface area (Å²) in [4.78, 5) is 9.01. The van der Waals surface area contributed by atoms with Crippen molar-refractivity contribution in [1.82, 2.24) is 19.7 Å². The number of ether oxygens (including phenoxy) is 2. The van der Waals surface area contributed by atoms with Crippen molar-refractivity contribution in [2.45, 2.75) is 32.4 Å². The number of pyridine rings is 1. The van der Waals surface area contributed by atoms with E-state index in [2.05, 4.69) is 21.1 Å². The zero-order valence-electron chi connectivity index (χ0n) is 17.6. The number of nitrogens with one attached hydrogen (secondary N) is 1. The minimum atomic E-state index is -2.83. The second kappa shape index (κ2) is 7.39. The van der Waals surface area contributed by atoms with E-state index in [1.165, 1.54) is 16.0 Å². The molecule has 0 spiro atoms. The first-order valence-electron chi connectivity index (χ1n) is 9.90. The van der Waals surface area contributed by atoms with Gasteiger partial charge < -0.3 is 14.5 Å². The molecule has 1 aliphatic heterocycles. The smallest absolute Gasteiger partial charge is 0.282 e. The fraction of sp³-hybridized carbons (Fsp3) is 0.318. The Morgan fingerprint density at radius 2 is 2.22 bits per heavy atom. The highest BCUT2D eigenvalue weighted by molar-refractivity contribution is 7.13. The summed E-state index contributed by atoms with van der Waals surface area (Å²) in [5.74, 6) is 0.244. The van der Waals surface area contributed by atoms with E-state index in [1.807, 2.05) is 26.0 Å². The standard InChI is InChI=1S/C22H19F2N5O2S/c1-11-7-13(14(8-25)32-11)15-12-5-4-6-26-20(12)27-17(15)16-18(19(23)24)28-29-9-22(2,30-3)10-31-21(16)29/h4-7,19H,9-10H2,1-3H3,(H,26,27)/t22-/m0/s1. The highest BCUT2D eigenvalue weighted by Gasteiger charge is 2.38. The molecule has 0 amide bonds. The summed E-state index contributed by atoms with van der Waals surface area (Å²) in [5.41, 5.74) is 1.35. The molecule has 10 heteroatoms. The molecule has 1 atom stereocenters. The van der Waals surface area contributed by atoms with Crippen LogP contribution in [0.5, 0.6) is 5.88 Å². The van der Waals surface area contributed by atoms with Gasteiger partial charge in [0.25, 0.3) is 6.43 Å². The molecule has 0 fully saturated rings. The number of hydrogen-bond donors (Lipinski definition) is 1. The minimum Gasteiger partial charge on any atom is -0.474 e. The predicted molar refractivity (Wildman–Crippen MR) is 116 cm³/mol. The Labute approximate surface area is 186 Å². The van der Waals surface area contributed by atoms with Gasteiger partial charge in [0.15, 0.2) is 0 Å². The van der Waals surface area contributed by atoms with Crippen LogP contribution in [0.3, 0.4) is 0 Å². The molecule has 0 bridgehead atoms. The molecular weight excluding hydrogens is 436 g/mol. The van der Waals surface area contributed by atoms with Crippen molar-refractivity contribution in [3.63, 3.8) is 0 Å². The zero-order valence-corrected chi connectivity index (χ0v) is 18.4. The van der Waals surface area contributed by atoms with Gasteiger partial charge in [0.05, 0.1) is 17.8 Å². The van der Waals surface area contributed by atoms with E-state index in [4.69, 9.17) is 9.47 Å². The van der Waals surface area contributed by atoms with Crippen molar-refractivity contribution in [3.8, 4) is 34.3 Å². The number of thiophene rings is 1. The number of aromatic nitrogens is 4. The number of fused-ring (bicyclic) bond motifs is 2. The first-order chi connectivity index (χ1) is 15.3. The molecule has 0 saturated carbocycles. The number of alkyl halides is 2. The lowest BCUT2D eigenvalue weighted by molar-refractivity contribution is -0.0644. The molecule has 0 radical (unpaired) electrons. The summed E-state index contributed by atoms with van der Waals surface area (Å²) < 4.78 is 41.2. The van der Waals surface area contributed by atoms with Crippen molar-refractivity contribution in [2.24, 2.45) is 0 Å². The number of nitrogens with zero attached hydrogens (tertiary/aromatic N) is 4. The zero-order chi connectivity index (χ0) is 22.6. The maximum Gasteiger partial charge on any atom is 0.282 e. The van der Waals surface area contributed by atoms with Crippen LogP contribution in [0.2, 0.25) is 0 Å². The quantitative estimate of drug-likeness (QED) is 0.464. The summed E-state index contributed by atoms with van der Waals surface area (Å²) in [7, 11) is 1.55. The van der Waals surface area contributed by atoms with Gasteiger partial charge in [0, 0.05) is 34.7 Å². The Kier molecular flexibility index (Phi) is 4.76. The van der Waals surface area contributed by atoms with E-state index >= 15 is 0 Å². The Morgan fingerprint density at radius 3 is 2.94 bits per heavy atom. The van der Waals surface area contributed by atoms with Crippen LogP contribution in [0, 0.1) is 18.3 Å². The lowest BCUT2D eigenvalue weighted by Crippen LogP contribution is -2.43. The van der Waals surface area contributed by atoms with Crippen LogP contribution >= 0.6 is 11.3 Å². The topological polar surface area (TPSA) is 88.8 Å². The Hall–Kier alpha value is -3.29. The summed E-state index contributed by atoms with van der Waals surface area (Å²) >= 11 is 1.36. The minimum absolute atomic E-state index is 0.180. The number of aromatic amines is 1. The molecule has 1 N–H and O–H groups in total. The molecule has 32 heavy (non-hydrogen) atoms. The first kappa shape index (κ1) is 20.6. The fourth-order valence-electron chi connectivity index (χ4n) is 4.09. The maximum atomic E-state index is 14.2. The number of H-pyrrole nitrogens is 1. The molecule has 164 valence electrons. The number of methoxy groups -OCH3 is 1. The molecule has 5 heterocycles. The third-order valence-electron chi connectivity index (χ3n) is 5.68. The third kappa shape index (κ3) is 3.08. The van der Waals surface area contributed by atoms with Gasteiger partial charge >= 0.3 is 0 Å². The fourth-order valence-corrected chi connectivity index (χ4v) is 4.90. The third-order valence-corrected chi connectivity index (χ3v) is 6.63. The average Bonchev–Trinajstić information content (AvgIpc) is 3.44. The van der Waals surface area contributed by atoms with Crippen LogP contribution in [0.1, 0.15) is 28.8 Å². The highest BCUT2D eigenvalue weighted by atomic mass is 32.1. The SMILES string of the molecule is CO[C@]1(C)COc2c(-c3[nH]c4ncccc4c3-c3cc(C)sc3C#N)c(C(F)F)nn2C1. The largest absolute Gasteiger partial charge is 0.474 e. The van der Waals surface area contributed by atoms with Gasteiger partial charge in [-0.15, -0.1) is 11.3 Å². The molecular formula is C22H19F2N5O2S. The second-order valence-electron chi connectivity index (χ2n) is 7.95. The number of rotatable bonds is 4. The second-order valence-corrected chi connectivity index (χ2v) is 9.21. The van der Waals surface area contributed by atoms with Crippen molar-refractivity contribution in [3.05, 3.63) is 39.8 Å². The summed E-state index contributed by atoms with van der Waals surface area (Å²) in [6.45, 7) is 4.21. The van der Waals surface area contributed by atoms with E-state index < -0.39 is 17.7 Å². The lowest BCUT2D eigenvalue weighted by atomic mass is 9.98. The molecule has 0 unspecified atom stereocenters. The van der Waals surface area contributed by atoms with Gasteiger partial charge in [-0.2, -0.15) is 10.4 Å². The summed E-state index contributed by atoms with van der Waals surface area (Å²) in [5, 5.41) is 14.6. The van der Waals surface area contributed by atoms with Crippen LogP contribution in [0.25, 0.3) is 33.4 Å². The molecule has 0 aromatic carbocycles. The lowest BCUT2D eigenvalue weighted by Gasteiger charge is -2.32. The normalized spacial score (nSPS) is 18.0. The molecule has 4 aromatic rings. The molecule has 7 nitrogen and oxygen atoms in total. The van der Waals surface area contributed by atoms with Crippen molar-refractivity contribution in [1.29, 1.82) is 5.26 Å². The van der Waals surface area contributed by atoms with Gasteiger partial charge in [-0.25, -0.2) is 18.4 Å². The van der Waals surface area contributed by atoms with Crippen LogP contribution in [0.4, 0.5) is 8.78 Å². The summed E-state index contributed by atoms with van der Waals surface area (Å²) in [6.07, 6.45) is -1.20. The van der Waals surface area contributed by atoms with Crippen molar-refractivity contribution in [2.75, 3.05) is 13.7 Å². The molecule has 5 rings (SSSR count). The number of nitriles is 1. The Morgan fingerprint density at radius 1 is 1.41 bits per heavy atom. The van der Waals surface area contributed by atoms with Gasteiger partial charge in [0.2, 0.25) is 5.88 Å².